The Morgan fingerprint density at radius 3 is 2.14 bits per heavy atom. The summed E-state index contributed by atoms with van der Waals surface area (Å²) >= 11 is 0. The predicted molar refractivity (Wildman–Crippen MR) is 34.8 cm³/mol. The van der Waals surface area contributed by atoms with E-state index < -0.39 is 8.15 Å². The van der Waals surface area contributed by atoms with Gasteiger partial charge in [0.25, 0.3) is 0 Å². The van der Waals surface area contributed by atoms with Gasteiger partial charge in [0, 0.05) is 8.15 Å². The summed E-state index contributed by atoms with van der Waals surface area (Å²) in [5, 5.41) is 0. The number of rotatable bonds is 3. The summed E-state index contributed by atoms with van der Waals surface area (Å²) in [5.41, 5.74) is 0. The SMILES string of the molecule is CCCP(O)CC. The minimum absolute atomic E-state index is 0.578. The topological polar surface area (TPSA) is 20.2 Å². The van der Waals surface area contributed by atoms with Gasteiger partial charge in [-0.1, -0.05) is 20.3 Å². The van der Waals surface area contributed by atoms with E-state index >= 15 is 0 Å². The summed E-state index contributed by atoms with van der Waals surface area (Å²) in [6.07, 6.45) is 3.10. The molecule has 0 fully saturated rings. The second-order valence-corrected chi connectivity index (χ2v) is 3.64. The predicted octanol–water partition coefficient (Wildman–Crippen LogP) is 1.81. The molecule has 0 spiro atoms. The Morgan fingerprint density at radius 1 is 1.43 bits per heavy atom. The van der Waals surface area contributed by atoms with Crippen molar-refractivity contribution in [1.29, 1.82) is 0 Å². The molecule has 0 saturated heterocycles. The fourth-order valence-electron chi connectivity index (χ4n) is 0.416. The van der Waals surface area contributed by atoms with Gasteiger partial charge < -0.3 is 4.89 Å². The first-order valence-electron chi connectivity index (χ1n) is 2.75. The molecule has 0 aromatic carbocycles. The Balaban J connectivity index is 2.83. The van der Waals surface area contributed by atoms with Gasteiger partial charge >= 0.3 is 0 Å². The second-order valence-electron chi connectivity index (χ2n) is 1.55. The van der Waals surface area contributed by atoms with Crippen LogP contribution in [0.15, 0.2) is 0 Å². The van der Waals surface area contributed by atoms with Crippen LogP contribution in [0.4, 0.5) is 0 Å². The van der Waals surface area contributed by atoms with Crippen molar-refractivity contribution in [3.8, 4) is 0 Å². The van der Waals surface area contributed by atoms with Gasteiger partial charge in [-0.3, -0.25) is 0 Å². The van der Waals surface area contributed by atoms with Crippen LogP contribution in [0.1, 0.15) is 20.3 Å². The highest BCUT2D eigenvalue weighted by Gasteiger charge is 1.94. The number of hydrogen-bond acceptors (Lipinski definition) is 1. The quantitative estimate of drug-likeness (QED) is 0.563. The molecule has 0 radical (unpaired) electrons. The van der Waals surface area contributed by atoms with Crippen LogP contribution in [0.5, 0.6) is 0 Å². The van der Waals surface area contributed by atoms with Gasteiger partial charge in [-0.05, 0) is 12.3 Å². The molecule has 0 aromatic heterocycles. The molecule has 0 aliphatic carbocycles. The normalized spacial score (nSPS) is 14.1. The highest BCUT2D eigenvalue weighted by Crippen LogP contribution is 2.28. The first-order chi connectivity index (χ1) is 3.31. The fourth-order valence-corrected chi connectivity index (χ4v) is 1.25. The second kappa shape index (κ2) is 4.55. The molecule has 0 heterocycles. The molecule has 0 aliphatic rings. The van der Waals surface area contributed by atoms with E-state index in [4.69, 9.17) is 4.89 Å². The Morgan fingerprint density at radius 2 is 2.00 bits per heavy atom. The summed E-state index contributed by atoms with van der Waals surface area (Å²) < 4.78 is 0. The maximum atomic E-state index is 8.92. The molecule has 0 aliphatic heterocycles. The third kappa shape index (κ3) is 4.24. The largest absolute Gasteiger partial charge is 0.374 e. The van der Waals surface area contributed by atoms with Gasteiger partial charge in [0.1, 0.15) is 0 Å². The smallest absolute Gasteiger partial charge is 0.0248 e. The van der Waals surface area contributed by atoms with Crippen LogP contribution in [0.2, 0.25) is 0 Å². The molecular formula is C5H13OP. The summed E-state index contributed by atoms with van der Waals surface area (Å²) in [6, 6.07) is 0. The summed E-state index contributed by atoms with van der Waals surface area (Å²) in [7, 11) is -0.578. The molecular weight excluding hydrogens is 107 g/mol. The van der Waals surface area contributed by atoms with Gasteiger partial charge in [-0.15, -0.1) is 0 Å². The molecule has 2 heteroatoms. The van der Waals surface area contributed by atoms with Crippen LogP contribution in [0, 0.1) is 0 Å². The molecule has 0 amide bonds. The first kappa shape index (κ1) is 7.39. The molecule has 1 unspecified atom stereocenters. The van der Waals surface area contributed by atoms with Crippen LogP contribution >= 0.6 is 8.15 Å². The van der Waals surface area contributed by atoms with Crippen LogP contribution < -0.4 is 0 Å². The lowest BCUT2D eigenvalue weighted by molar-refractivity contribution is 0.622. The molecule has 1 nitrogen and oxygen atoms in total. The van der Waals surface area contributed by atoms with E-state index in [1.165, 1.54) is 0 Å². The van der Waals surface area contributed by atoms with Crippen LogP contribution in [-0.2, 0) is 0 Å². The molecule has 0 rings (SSSR count). The van der Waals surface area contributed by atoms with Gasteiger partial charge in [-0.2, -0.15) is 0 Å². The van der Waals surface area contributed by atoms with E-state index in [1.54, 1.807) is 0 Å². The molecule has 1 atom stereocenters. The van der Waals surface area contributed by atoms with Crippen LogP contribution in [0.3, 0.4) is 0 Å². The van der Waals surface area contributed by atoms with Crippen molar-refractivity contribution in [2.24, 2.45) is 0 Å². The molecule has 44 valence electrons. The minimum Gasteiger partial charge on any atom is -0.374 e. The maximum Gasteiger partial charge on any atom is 0.0248 e. The van der Waals surface area contributed by atoms with Crippen molar-refractivity contribution in [3.05, 3.63) is 0 Å². The monoisotopic (exact) mass is 120 g/mol. The van der Waals surface area contributed by atoms with E-state index in [1.807, 2.05) is 6.92 Å². The van der Waals surface area contributed by atoms with Gasteiger partial charge in [0.2, 0.25) is 0 Å². The Bertz CT molecular complexity index is 39.1. The Labute approximate surface area is 46.6 Å². The van der Waals surface area contributed by atoms with Crippen molar-refractivity contribution in [1.82, 2.24) is 0 Å². The van der Waals surface area contributed by atoms with E-state index in [9.17, 15) is 0 Å². The Hall–Kier alpha value is 0.390. The lowest BCUT2D eigenvalue weighted by atomic mass is 10.6. The zero-order chi connectivity index (χ0) is 5.70. The molecule has 1 N–H and O–H groups in total. The fraction of sp³-hybridized carbons (Fsp3) is 1.00. The third-order valence-corrected chi connectivity index (χ3v) is 2.54. The van der Waals surface area contributed by atoms with E-state index in [-0.39, 0.29) is 0 Å². The number of hydrogen-bond donors (Lipinski definition) is 1. The van der Waals surface area contributed by atoms with Crippen molar-refractivity contribution < 1.29 is 4.89 Å². The summed E-state index contributed by atoms with van der Waals surface area (Å²) in [4.78, 5) is 8.92. The van der Waals surface area contributed by atoms with Crippen molar-refractivity contribution in [2.75, 3.05) is 12.3 Å². The molecule has 0 saturated carbocycles. The first-order valence-corrected chi connectivity index (χ1v) is 4.41. The van der Waals surface area contributed by atoms with Crippen molar-refractivity contribution in [3.63, 3.8) is 0 Å². The van der Waals surface area contributed by atoms with Gasteiger partial charge in [0.05, 0.1) is 0 Å². The average molecular weight is 120 g/mol. The Kier molecular flexibility index (Phi) is 4.80. The maximum absolute atomic E-state index is 8.92. The highest BCUT2D eigenvalue weighted by atomic mass is 31.1. The average Bonchev–Trinajstić information content (AvgIpc) is 1.68. The highest BCUT2D eigenvalue weighted by molar-refractivity contribution is 7.51. The van der Waals surface area contributed by atoms with Gasteiger partial charge in [-0.25, -0.2) is 0 Å². The third-order valence-electron chi connectivity index (χ3n) is 0.847. The van der Waals surface area contributed by atoms with Crippen LogP contribution in [0.25, 0.3) is 0 Å². The van der Waals surface area contributed by atoms with Crippen molar-refractivity contribution in [2.45, 2.75) is 20.3 Å². The lowest BCUT2D eigenvalue weighted by Crippen LogP contribution is -1.81. The van der Waals surface area contributed by atoms with Crippen LogP contribution in [-0.4, -0.2) is 17.2 Å². The standard InChI is InChI=1S/C5H13OP/c1-3-5-7(6)4-2/h6H,3-5H2,1-2H3. The van der Waals surface area contributed by atoms with Gasteiger partial charge in [0.15, 0.2) is 0 Å². The molecule has 0 aromatic rings. The molecule has 0 bridgehead atoms. The minimum atomic E-state index is -0.578. The molecule has 7 heavy (non-hydrogen) atoms. The van der Waals surface area contributed by atoms with Crippen molar-refractivity contribution >= 4 is 8.15 Å². The lowest BCUT2D eigenvalue weighted by Gasteiger charge is -2.01. The van der Waals surface area contributed by atoms with E-state index in [2.05, 4.69) is 6.92 Å². The summed E-state index contributed by atoms with van der Waals surface area (Å²) in [5.74, 6) is 0. The zero-order valence-corrected chi connectivity index (χ0v) is 5.91. The zero-order valence-electron chi connectivity index (χ0n) is 5.02. The van der Waals surface area contributed by atoms with E-state index in [0.717, 1.165) is 18.7 Å². The van der Waals surface area contributed by atoms with E-state index in [0.29, 0.717) is 0 Å². The summed E-state index contributed by atoms with van der Waals surface area (Å²) in [6.45, 7) is 4.13.